The molecule has 0 atom stereocenters. The van der Waals surface area contributed by atoms with Gasteiger partial charge in [0.15, 0.2) is 11.5 Å². The molecular formula is C20H27BrO3. The Bertz CT molecular complexity index is 628. The normalized spacial score (nSPS) is 10.8. The Hall–Kier alpha value is -1.42. The second kappa shape index (κ2) is 10.4. The van der Waals surface area contributed by atoms with Crippen molar-refractivity contribution in [3.63, 3.8) is 0 Å². The van der Waals surface area contributed by atoms with Gasteiger partial charge >= 0.3 is 0 Å². The van der Waals surface area contributed by atoms with Crippen LogP contribution in [0, 0.1) is 0 Å². The predicted molar refractivity (Wildman–Crippen MR) is 104 cm³/mol. The fourth-order valence-electron chi connectivity index (χ4n) is 2.63. The summed E-state index contributed by atoms with van der Waals surface area (Å²) in [4.78, 5) is 0. The van der Waals surface area contributed by atoms with Gasteiger partial charge in [-0.15, -0.1) is 0 Å². The summed E-state index contributed by atoms with van der Waals surface area (Å²) in [5.74, 6) is 2.51. The molecule has 0 fully saturated rings. The highest BCUT2D eigenvalue weighted by molar-refractivity contribution is 9.09. The molecule has 2 aromatic rings. The second-order valence-electron chi connectivity index (χ2n) is 5.78. The van der Waals surface area contributed by atoms with Crippen molar-refractivity contribution in [1.82, 2.24) is 0 Å². The summed E-state index contributed by atoms with van der Waals surface area (Å²) in [6.07, 6.45) is 5.73. The molecule has 3 nitrogen and oxygen atoms in total. The second-order valence-corrected chi connectivity index (χ2v) is 6.57. The third-order valence-corrected chi connectivity index (χ3v) is 4.43. The molecule has 2 aromatic carbocycles. The molecule has 2 rings (SSSR count). The molecule has 4 heteroatoms. The van der Waals surface area contributed by atoms with E-state index in [1.54, 1.807) is 7.11 Å². The average molecular weight is 395 g/mol. The van der Waals surface area contributed by atoms with Gasteiger partial charge in [-0.3, -0.25) is 0 Å². The third-order valence-electron chi connectivity index (χ3n) is 3.87. The lowest BCUT2D eigenvalue weighted by molar-refractivity contribution is 0.286. The van der Waals surface area contributed by atoms with Crippen molar-refractivity contribution in [2.75, 3.05) is 25.7 Å². The van der Waals surface area contributed by atoms with E-state index >= 15 is 0 Å². The highest BCUT2D eigenvalue weighted by Gasteiger charge is 2.10. The topological polar surface area (TPSA) is 27.7 Å². The summed E-state index contributed by atoms with van der Waals surface area (Å²) >= 11 is 3.46. The van der Waals surface area contributed by atoms with Crippen LogP contribution in [-0.4, -0.2) is 25.7 Å². The average Bonchev–Trinajstić information content (AvgIpc) is 2.62. The molecule has 0 aliphatic carbocycles. The van der Waals surface area contributed by atoms with E-state index in [9.17, 15) is 0 Å². The maximum Gasteiger partial charge on any atom is 0.168 e. The van der Waals surface area contributed by atoms with Crippen LogP contribution in [0.25, 0.3) is 10.8 Å². The van der Waals surface area contributed by atoms with Crippen LogP contribution in [0.1, 0.15) is 39.0 Å². The van der Waals surface area contributed by atoms with Crippen molar-refractivity contribution in [2.24, 2.45) is 0 Å². The Morgan fingerprint density at radius 2 is 1.75 bits per heavy atom. The predicted octanol–water partition coefficient (Wildman–Crippen LogP) is 5.97. The van der Waals surface area contributed by atoms with E-state index < -0.39 is 0 Å². The lowest BCUT2D eigenvalue weighted by Gasteiger charge is -2.14. The number of hydrogen-bond acceptors (Lipinski definition) is 3. The van der Waals surface area contributed by atoms with Crippen molar-refractivity contribution in [3.05, 3.63) is 30.3 Å². The minimum absolute atomic E-state index is 0.724. The highest BCUT2D eigenvalue weighted by Crippen LogP contribution is 2.37. The Labute approximate surface area is 153 Å². The molecule has 0 bridgehead atoms. The SMILES string of the molecule is CCCOc1ccc2c(OC)c(OCCCCCCBr)ccc2c1. The van der Waals surface area contributed by atoms with Gasteiger partial charge in [0, 0.05) is 10.7 Å². The van der Waals surface area contributed by atoms with Gasteiger partial charge in [-0.25, -0.2) is 0 Å². The Morgan fingerprint density at radius 3 is 2.50 bits per heavy atom. The molecule has 0 saturated carbocycles. The minimum atomic E-state index is 0.724. The van der Waals surface area contributed by atoms with E-state index in [4.69, 9.17) is 14.2 Å². The standard InChI is InChI=1S/C20H27BrO3/c1-3-13-23-17-9-10-18-16(15-17)8-11-19(20(18)22-2)24-14-7-5-4-6-12-21/h8-11,15H,3-7,12-14H2,1-2H3. The zero-order chi connectivity index (χ0) is 17.2. The molecule has 0 heterocycles. The van der Waals surface area contributed by atoms with Gasteiger partial charge in [-0.1, -0.05) is 41.8 Å². The van der Waals surface area contributed by atoms with Gasteiger partial charge in [0.1, 0.15) is 5.75 Å². The third kappa shape index (κ3) is 5.30. The minimum Gasteiger partial charge on any atom is -0.494 e. The summed E-state index contributed by atoms with van der Waals surface area (Å²) in [6, 6.07) is 10.1. The van der Waals surface area contributed by atoms with Crippen molar-refractivity contribution in [1.29, 1.82) is 0 Å². The molecular weight excluding hydrogens is 368 g/mol. The molecule has 0 aliphatic heterocycles. The smallest absolute Gasteiger partial charge is 0.168 e. The van der Waals surface area contributed by atoms with Crippen LogP contribution in [0.15, 0.2) is 30.3 Å². The van der Waals surface area contributed by atoms with Gasteiger partial charge in [-0.05, 0) is 48.9 Å². The van der Waals surface area contributed by atoms with Crippen LogP contribution in [0.5, 0.6) is 17.2 Å². The molecule has 24 heavy (non-hydrogen) atoms. The number of benzene rings is 2. The monoisotopic (exact) mass is 394 g/mol. The molecule has 0 unspecified atom stereocenters. The van der Waals surface area contributed by atoms with E-state index in [0.29, 0.717) is 0 Å². The number of rotatable bonds is 11. The van der Waals surface area contributed by atoms with E-state index in [0.717, 1.165) is 59.4 Å². The first-order valence-corrected chi connectivity index (χ1v) is 9.84. The van der Waals surface area contributed by atoms with Crippen molar-refractivity contribution >= 4 is 26.7 Å². The van der Waals surface area contributed by atoms with Crippen molar-refractivity contribution in [3.8, 4) is 17.2 Å². The quantitative estimate of drug-likeness (QED) is 0.347. The summed E-state index contributed by atoms with van der Waals surface area (Å²) in [7, 11) is 1.69. The molecule has 132 valence electrons. The molecule has 0 aromatic heterocycles. The molecule has 0 saturated heterocycles. The number of hydrogen-bond donors (Lipinski definition) is 0. The van der Waals surface area contributed by atoms with Gasteiger partial charge in [0.25, 0.3) is 0 Å². The molecule has 0 radical (unpaired) electrons. The van der Waals surface area contributed by atoms with E-state index in [1.807, 2.05) is 18.2 Å². The van der Waals surface area contributed by atoms with Gasteiger partial charge in [-0.2, -0.15) is 0 Å². The Morgan fingerprint density at radius 1 is 0.917 bits per heavy atom. The van der Waals surface area contributed by atoms with Crippen LogP contribution in [-0.2, 0) is 0 Å². The first-order valence-electron chi connectivity index (χ1n) is 8.72. The van der Waals surface area contributed by atoms with Crippen molar-refractivity contribution in [2.45, 2.75) is 39.0 Å². The lowest BCUT2D eigenvalue weighted by Crippen LogP contribution is -2.00. The zero-order valence-electron chi connectivity index (χ0n) is 14.6. The fraction of sp³-hybridized carbons (Fsp3) is 0.500. The number of halogens is 1. The van der Waals surface area contributed by atoms with Crippen LogP contribution in [0.2, 0.25) is 0 Å². The van der Waals surface area contributed by atoms with Crippen LogP contribution in [0.4, 0.5) is 0 Å². The summed E-state index contributed by atoms with van der Waals surface area (Å²) in [6.45, 7) is 3.56. The maximum absolute atomic E-state index is 5.94. The summed E-state index contributed by atoms with van der Waals surface area (Å²) in [5, 5.41) is 3.24. The van der Waals surface area contributed by atoms with E-state index in [2.05, 4.69) is 35.0 Å². The van der Waals surface area contributed by atoms with E-state index in [1.165, 1.54) is 19.3 Å². The van der Waals surface area contributed by atoms with Gasteiger partial charge in [0.2, 0.25) is 0 Å². The van der Waals surface area contributed by atoms with Crippen LogP contribution in [0.3, 0.4) is 0 Å². The highest BCUT2D eigenvalue weighted by atomic mass is 79.9. The fourth-order valence-corrected chi connectivity index (χ4v) is 3.02. The van der Waals surface area contributed by atoms with E-state index in [-0.39, 0.29) is 0 Å². The largest absolute Gasteiger partial charge is 0.494 e. The lowest BCUT2D eigenvalue weighted by atomic mass is 10.1. The number of fused-ring (bicyclic) bond motifs is 1. The number of alkyl halides is 1. The zero-order valence-corrected chi connectivity index (χ0v) is 16.2. The first-order chi connectivity index (χ1) is 11.8. The van der Waals surface area contributed by atoms with Crippen molar-refractivity contribution < 1.29 is 14.2 Å². The van der Waals surface area contributed by atoms with Crippen LogP contribution < -0.4 is 14.2 Å². The molecule has 0 aliphatic rings. The Balaban J connectivity index is 2.05. The number of ether oxygens (including phenoxy) is 3. The number of methoxy groups -OCH3 is 1. The first kappa shape index (κ1) is 18.9. The maximum atomic E-state index is 5.94. The summed E-state index contributed by atoms with van der Waals surface area (Å²) in [5.41, 5.74) is 0. The molecule has 0 spiro atoms. The number of unbranched alkanes of at least 4 members (excludes halogenated alkanes) is 3. The molecule has 0 amide bonds. The van der Waals surface area contributed by atoms with Crippen LogP contribution >= 0.6 is 15.9 Å². The molecule has 0 N–H and O–H groups in total. The van der Waals surface area contributed by atoms with Gasteiger partial charge in [0.05, 0.1) is 20.3 Å². The Kier molecular flexibility index (Phi) is 8.23. The van der Waals surface area contributed by atoms with Gasteiger partial charge < -0.3 is 14.2 Å². The summed E-state index contributed by atoms with van der Waals surface area (Å²) < 4.78 is 17.2.